The summed E-state index contributed by atoms with van der Waals surface area (Å²) in [6, 6.07) is 9.70. The van der Waals surface area contributed by atoms with E-state index in [1.165, 1.54) is 37.2 Å². The lowest BCUT2D eigenvalue weighted by atomic mass is 10.0. The van der Waals surface area contributed by atoms with E-state index in [4.69, 9.17) is 0 Å². The van der Waals surface area contributed by atoms with Crippen LogP contribution in [0.25, 0.3) is 0 Å². The molecule has 0 aromatic heterocycles. The minimum Gasteiger partial charge on any atom is -0.371 e. The molecule has 1 fully saturated rings. The Balaban J connectivity index is 2.00. The smallest absolute Gasteiger partial charge is 0.0366 e. The highest BCUT2D eigenvalue weighted by atomic mass is 15.1. The van der Waals surface area contributed by atoms with Crippen molar-refractivity contribution in [2.45, 2.75) is 46.1 Å². The Labute approximate surface area is 118 Å². The lowest BCUT2D eigenvalue weighted by Gasteiger charge is -2.21. The predicted molar refractivity (Wildman–Crippen MR) is 83.8 cm³/mol. The normalized spacial score (nSPS) is 20.8. The number of hydrogen-bond acceptors (Lipinski definition) is 2. The quantitative estimate of drug-likeness (QED) is 0.832. The molecule has 1 N–H and O–H groups in total. The first kappa shape index (κ1) is 14.4. The van der Waals surface area contributed by atoms with Gasteiger partial charge >= 0.3 is 0 Å². The van der Waals surface area contributed by atoms with Crippen LogP contribution in [0.4, 0.5) is 5.69 Å². The molecule has 1 saturated heterocycles. The number of rotatable bonds is 6. The van der Waals surface area contributed by atoms with Gasteiger partial charge in [0.2, 0.25) is 0 Å². The molecule has 1 aliphatic rings. The van der Waals surface area contributed by atoms with Crippen molar-refractivity contribution in [3.8, 4) is 0 Å². The standard InChI is InChI=1S/C17H28N2/c1-4-11-18-17(5-2)15-6-8-16(9-7-15)19-12-10-14(3)13-19/h6-9,14,17-18H,4-5,10-13H2,1-3H3. The summed E-state index contributed by atoms with van der Waals surface area (Å²) in [5.74, 6) is 0.842. The van der Waals surface area contributed by atoms with Crippen LogP contribution in [0, 0.1) is 5.92 Å². The lowest BCUT2D eigenvalue weighted by Crippen LogP contribution is -2.22. The number of hydrogen-bond donors (Lipinski definition) is 1. The van der Waals surface area contributed by atoms with E-state index in [1.807, 2.05) is 0 Å². The summed E-state index contributed by atoms with van der Waals surface area (Å²) in [4.78, 5) is 2.51. The Hall–Kier alpha value is -1.02. The molecule has 19 heavy (non-hydrogen) atoms. The van der Waals surface area contributed by atoms with Crippen LogP contribution in [0.3, 0.4) is 0 Å². The Morgan fingerprint density at radius 1 is 1.26 bits per heavy atom. The summed E-state index contributed by atoms with van der Waals surface area (Å²) in [7, 11) is 0. The van der Waals surface area contributed by atoms with Crippen LogP contribution in [-0.2, 0) is 0 Å². The highest BCUT2D eigenvalue weighted by molar-refractivity contribution is 5.48. The largest absolute Gasteiger partial charge is 0.371 e. The molecule has 0 aliphatic carbocycles. The number of anilines is 1. The second-order valence-corrected chi connectivity index (χ2v) is 5.85. The van der Waals surface area contributed by atoms with Gasteiger partial charge in [-0.3, -0.25) is 0 Å². The first-order chi connectivity index (χ1) is 9.24. The van der Waals surface area contributed by atoms with E-state index >= 15 is 0 Å². The molecule has 2 rings (SSSR count). The highest BCUT2D eigenvalue weighted by Gasteiger charge is 2.19. The van der Waals surface area contributed by atoms with E-state index in [9.17, 15) is 0 Å². The van der Waals surface area contributed by atoms with Crippen molar-refractivity contribution in [1.82, 2.24) is 5.32 Å². The summed E-state index contributed by atoms with van der Waals surface area (Å²) >= 11 is 0. The molecule has 1 heterocycles. The van der Waals surface area contributed by atoms with Crippen LogP contribution in [0.15, 0.2) is 24.3 Å². The molecule has 2 nitrogen and oxygen atoms in total. The molecule has 0 bridgehead atoms. The Morgan fingerprint density at radius 3 is 2.53 bits per heavy atom. The van der Waals surface area contributed by atoms with Crippen molar-refractivity contribution in [1.29, 1.82) is 0 Å². The minimum absolute atomic E-state index is 0.506. The van der Waals surface area contributed by atoms with Crippen molar-refractivity contribution in [2.75, 3.05) is 24.5 Å². The fourth-order valence-corrected chi connectivity index (χ4v) is 2.90. The van der Waals surface area contributed by atoms with Gasteiger partial charge in [-0.15, -0.1) is 0 Å². The first-order valence-electron chi connectivity index (χ1n) is 7.82. The van der Waals surface area contributed by atoms with Gasteiger partial charge in [0.05, 0.1) is 0 Å². The minimum atomic E-state index is 0.506. The van der Waals surface area contributed by atoms with Crippen LogP contribution in [0.5, 0.6) is 0 Å². The molecule has 1 aromatic rings. The van der Waals surface area contributed by atoms with Crippen LogP contribution in [0.1, 0.15) is 51.6 Å². The number of benzene rings is 1. The van der Waals surface area contributed by atoms with E-state index in [0.717, 1.165) is 18.9 Å². The zero-order chi connectivity index (χ0) is 13.7. The predicted octanol–water partition coefficient (Wildman–Crippen LogP) is 3.98. The molecular weight excluding hydrogens is 232 g/mol. The third-order valence-corrected chi connectivity index (χ3v) is 4.13. The topological polar surface area (TPSA) is 15.3 Å². The molecule has 2 unspecified atom stereocenters. The third-order valence-electron chi connectivity index (χ3n) is 4.13. The van der Waals surface area contributed by atoms with Crippen molar-refractivity contribution in [3.63, 3.8) is 0 Å². The van der Waals surface area contributed by atoms with Gasteiger partial charge in [0.1, 0.15) is 0 Å². The molecule has 106 valence electrons. The summed E-state index contributed by atoms with van der Waals surface area (Å²) in [5, 5.41) is 3.62. The van der Waals surface area contributed by atoms with Gasteiger partial charge in [0.15, 0.2) is 0 Å². The fraction of sp³-hybridized carbons (Fsp3) is 0.647. The summed E-state index contributed by atoms with van der Waals surface area (Å²) in [6.07, 6.45) is 3.68. The van der Waals surface area contributed by atoms with Crippen molar-refractivity contribution in [3.05, 3.63) is 29.8 Å². The molecule has 1 aromatic carbocycles. The molecular formula is C17H28N2. The number of nitrogens with one attached hydrogen (secondary N) is 1. The van der Waals surface area contributed by atoms with E-state index in [0.29, 0.717) is 6.04 Å². The monoisotopic (exact) mass is 260 g/mol. The average Bonchev–Trinajstić information content (AvgIpc) is 2.87. The second-order valence-electron chi connectivity index (χ2n) is 5.85. The van der Waals surface area contributed by atoms with Gasteiger partial charge in [0, 0.05) is 24.8 Å². The SMILES string of the molecule is CCCNC(CC)c1ccc(N2CCC(C)C2)cc1. The third kappa shape index (κ3) is 3.73. The maximum Gasteiger partial charge on any atom is 0.0366 e. The summed E-state index contributed by atoms with van der Waals surface area (Å²) in [5.41, 5.74) is 2.81. The van der Waals surface area contributed by atoms with Crippen molar-refractivity contribution < 1.29 is 0 Å². The Bertz CT molecular complexity index is 371. The molecule has 2 heteroatoms. The van der Waals surface area contributed by atoms with Gasteiger partial charge in [0.25, 0.3) is 0 Å². The molecule has 0 radical (unpaired) electrons. The van der Waals surface area contributed by atoms with Gasteiger partial charge in [-0.1, -0.05) is 32.9 Å². The molecule has 0 spiro atoms. The first-order valence-corrected chi connectivity index (χ1v) is 7.82. The van der Waals surface area contributed by atoms with E-state index in [1.54, 1.807) is 0 Å². The van der Waals surface area contributed by atoms with Gasteiger partial charge in [-0.2, -0.15) is 0 Å². The van der Waals surface area contributed by atoms with E-state index in [2.05, 4.69) is 55.3 Å². The molecule has 1 aliphatic heterocycles. The van der Waals surface area contributed by atoms with Crippen LogP contribution >= 0.6 is 0 Å². The van der Waals surface area contributed by atoms with Crippen LogP contribution < -0.4 is 10.2 Å². The highest BCUT2D eigenvalue weighted by Crippen LogP contribution is 2.25. The molecule has 0 saturated carbocycles. The zero-order valence-electron chi connectivity index (χ0n) is 12.7. The average molecular weight is 260 g/mol. The van der Waals surface area contributed by atoms with Crippen LogP contribution in [0.2, 0.25) is 0 Å². The van der Waals surface area contributed by atoms with Gasteiger partial charge in [-0.25, -0.2) is 0 Å². The maximum absolute atomic E-state index is 3.62. The zero-order valence-corrected chi connectivity index (χ0v) is 12.7. The fourth-order valence-electron chi connectivity index (χ4n) is 2.90. The second kappa shape index (κ2) is 6.95. The molecule has 2 atom stereocenters. The van der Waals surface area contributed by atoms with Crippen molar-refractivity contribution in [2.24, 2.45) is 5.92 Å². The van der Waals surface area contributed by atoms with E-state index in [-0.39, 0.29) is 0 Å². The van der Waals surface area contributed by atoms with E-state index < -0.39 is 0 Å². The Kier molecular flexibility index (Phi) is 5.26. The van der Waals surface area contributed by atoms with Gasteiger partial charge in [-0.05, 0) is 49.4 Å². The van der Waals surface area contributed by atoms with Crippen LogP contribution in [-0.4, -0.2) is 19.6 Å². The summed E-state index contributed by atoms with van der Waals surface area (Å²) < 4.78 is 0. The maximum atomic E-state index is 3.62. The molecule has 0 amide bonds. The number of nitrogens with zero attached hydrogens (tertiary/aromatic N) is 1. The van der Waals surface area contributed by atoms with Gasteiger partial charge < -0.3 is 10.2 Å². The Morgan fingerprint density at radius 2 is 2.00 bits per heavy atom. The summed E-state index contributed by atoms with van der Waals surface area (Å²) in [6.45, 7) is 10.3. The van der Waals surface area contributed by atoms with Crippen molar-refractivity contribution >= 4 is 5.69 Å². The lowest BCUT2D eigenvalue weighted by molar-refractivity contribution is 0.518.